The molecule has 4 rings (SSSR count). The minimum Gasteiger partial charge on any atom is -0.494 e. The maximum atomic E-state index is 11.5. The summed E-state index contributed by atoms with van der Waals surface area (Å²) in [5.74, 6) is -0.114. The van der Waals surface area contributed by atoms with Gasteiger partial charge in [-0.25, -0.2) is 4.79 Å². The number of aliphatic carboxylic acids is 1. The molecule has 0 heterocycles. The number of allylic oxidation sites excluding steroid dienone is 1. The first kappa shape index (κ1) is 24.7. The average molecular weight is 471 g/mol. The number of carboxylic acids is 1. The van der Waals surface area contributed by atoms with Crippen LogP contribution in [0.15, 0.2) is 78.9 Å². The van der Waals surface area contributed by atoms with E-state index in [4.69, 9.17) is 9.47 Å². The van der Waals surface area contributed by atoms with Crippen molar-refractivity contribution in [3.8, 4) is 16.9 Å². The molecule has 0 radical (unpaired) electrons. The zero-order chi connectivity index (χ0) is 24.5. The normalized spacial score (nSPS) is 12.7. The highest BCUT2D eigenvalue weighted by Crippen LogP contribution is 2.43. The first-order valence-corrected chi connectivity index (χ1v) is 12.6. The molecule has 3 aromatic rings. The molecule has 182 valence electrons. The topological polar surface area (TPSA) is 55.8 Å². The number of carbonyl (C=O) groups is 1. The van der Waals surface area contributed by atoms with Crippen molar-refractivity contribution in [2.24, 2.45) is 0 Å². The van der Waals surface area contributed by atoms with E-state index < -0.39 is 12.1 Å². The third-order valence-corrected chi connectivity index (χ3v) is 6.38. The van der Waals surface area contributed by atoms with Crippen LogP contribution in [-0.4, -0.2) is 30.4 Å². The van der Waals surface area contributed by atoms with E-state index in [1.807, 2.05) is 24.3 Å². The quantitative estimate of drug-likeness (QED) is 0.211. The standard InChI is InChI=1S/C31H34O4/c1-2-3-9-21-35-30(31(32)33)22-23-16-18-24(19-17-23)34-20-10-8-15-29-27-13-6-4-11-25(27)26-12-5-7-14-28(26)29/h4-7,11-19,30H,2-3,8-10,20-22H2,1H3,(H,32,33). The monoisotopic (exact) mass is 470 g/mol. The number of rotatable bonds is 13. The second kappa shape index (κ2) is 12.4. The van der Waals surface area contributed by atoms with Gasteiger partial charge in [0.2, 0.25) is 0 Å². The number of hydrogen-bond donors (Lipinski definition) is 1. The van der Waals surface area contributed by atoms with Crippen molar-refractivity contribution in [3.05, 3.63) is 95.6 Å². The van der Waals surface area contributed by atoms with Gasteiger partial charge in [0.1, 0.15) is 5.75 Å². The zero-order valence-electron chi connectivity index (χ0n) is 20.4. The Bertz CT molecular complexity index is 1100. The van der Waals surface area contributed by atoms with Gasteiger partial charge in [0.25, 0.3) is 0 Å². The lowest BCUT2D eigenvalue weighted by Gasteiger charge is -2.14. The van der Waals surface area contributed by atoms with E-state index in [2.05, 4.69) is 61.5 Å². The van der Waals surface area contributed by atoms with Crippen molar-refractivity contribution in [2.45, 2.75) is 51.6 Å². The van der Waals surface area contributed by atoms with Gasteiger partial charge in [-0.3, -0.25) is 0 Å². The van der Waals surface area contributed by atoms with Crippen LogP contribution in [0.3, 0.4) is 0 Å². The second-order valence-corrected chi connectivity index (χ2v) is 8.95. The summed E-state index contributed by atoms with van der Waals surface area (Å²) in [5.41, 5.74) is 7.47. The van der Waals surface area contributed by atoms with Gasteiger partial charge in [-0.05, 0) is 64.8 Å². The Morgan fingerprint density at radius 2 is 1.46 bits per heavy atom. The molecule has 0 bridgehead atoms. The minimum absolute atomic E-state index is 0.359. The van der Waals surface area contributed by atoms with E-state index in [1.165, 1.54) is 27.8 Å². The maximum absolute atomic E-state index is 11.5. The van der Waals surface area contributed by atoms with Crippen LogP contribution in [0.1, 0.15) is 55.7 Å². The van der Waals surface area contributed by atoms with Gasteiger partial charge in [0, 0.05) is 13.0 Å². The lowest BCUT2D eigenvalue weighted by Crippen LogP contribution is -2.26. The van der Waals surface area contributed by atoms with Crippen LogP contribution in [0.4, 0.5) is 0 Å². The summed E-state index contributed by atoms with van der Waals surface area (Å²) in [6, 6.07) is 24.9. The predicted octanol–water partition coefficient (Wildman–Crippen LogP) is 7.16. The Morgan fingerprint density at radius 1 is 0.829 bits per heavy atom. The number of hydrogen-bond acceptors (Lipinski definition) is 3. The summed E-state index contributed by atoms with van der Waals surface area (Å²) in [5, 5.41) is 9.45. The Balaban J connectivity index is 1.26. The Hall–Kier alpha value is -3.37. The molecule has 0 amide bonds. The van der Waals surface area contributed by atoms with Crippen LogP contribution in [0.2, 0.25) is 0 Å². The number of benzene rings is 3. The van der Waals surface area contributed by atoms with Crippen molar-refractivity contribution in [1.29, 1.82) is 0 Å². The van der Waals surface area contributed by atoms with Crippen molar-refractivity contribution < 1.29 is 19.4 Å². The van der Waals surface area contributed by atoms with E-state index in [0.717, 1.165) is 43.4 Å². The Labute approximate surface area is 208 Å². The van der Waals surface area contributed by atoms with E-state index in [0.29, 0.717) is 19.6 Å². The molecule has 0 saturated heterocycles. The van der Waals surface area contributed by atoms with E-state index in [-0.39, 0.29) is 0 Å². The fraction of sp³-hybridized carbons (Fsp3) is 0.323. The summed E-state index contributed by atoms with van der Waals surface area (Å²) in [7, 11) is 0. The molecule has 3 aromatic carbocycles. The molecule has 1 N–H and O–H groups in total. The molecule has 4 nitrogen and oxygen atoms in total. The largest absolute Gasteiger partial charge is 0.494 e. The lowest BCUT2D eigenvalue weighted by atomic mass is 10.0. The Kier molecular flexibility index (Phi) is 8.74. The van der Waals surface area contributed by atoms with Gasteiger partial charge in [0.15, 0.2) is 6.10 Å². The van der Waals surface area contributed by atoms with Crippen molar-refractivity contribution in [2.75, 3.05) is 13.2 Å². The molecule has 0 aliphatic heterocycles. The molecule has 1 aliphatic rings. The van der Waals surface area contributed by atoms with Gasteiger partial charge in [-0.15, -0.1) is 0 Å². The second-order valence-electron chi connectivity index (χ2n) is 8.95. The molecule has 35 heavy (non-hydrogen) atoms. The summed E-state index contributed by atoms with van der Waals surface area (Å²) in [6.45, 7) is 3.23. The highest BCUT2D eigenvalue weighted by molar-refractivity contribution is 6.01. The molecule has 1 atom stereocenters. The van der Waals surface area contributed by atoms with E-state index in [1.54, 1.807) is 0 Å². The summed E-state index contributed by atoms with van der Waals surface area (Å²) >= 11 is 0. The number of ether oxygens (including phenoxy) is 2. The highest BCUT2D eigenvalue weighted by Gasteiger charge is 2.22. The average Bonchev–Trinajstić information content (AvgIpc) is 3.20. The van der Waals surface area contributed by atoms with Crippen LogP contribution >= 0.6 is 0 Å². The molecule has 0 fully saturated rings. The van der Waals surface area contributed by atoms with Gasteiger partial charge < -0.3 is 14.6 Å². The number of fused-ring (bicyclic) bond motifs is 3. The minimum atomic E-state index is -0.913. The molecule has 0 spiro atoms. The SMILES string of the molecule is CCCCCOC(Cc1ccc(OCCCC=C2c3ccccc3-c3ccccc32)cc1)C(=O)O. The highest BCUT2D eigenvalue weighted by atomic mass is 16.5. The molecule has 0 saturated carbocycles. The first-order chi connectivity index (χ1) is 17.2. The molecule has 1 unspecified atom stereocenters. The van der Waals surface area contributed by atoms with Crippen molar-refractivity contribution in [3.63, 3.8) is 0 Å². The van der Waals surface area contributed by atoms with Gasteiger partial charge in [-0.2, -0.15) is 0 Å². The molecular formula is C31H34O4. The summed E-state index contributed by atoms with van der Waals surface area (Å²) < 4.78 is 11.5. The molecule has 1 aliphatic carbocycles. The molecule has 0 aromatic heterocycles. The van der Waals surface area contributed by atoms with Crippen LogP contribution < -0.4 is 4.74 Å². The maximum Gasteiger partial charge on any atom is 0.333 e. The third kappa shape index (κ3) is 6.40. The van der Waals surface area contributed by atoms with E-state index >= 15 is 0 Å². The summed E-state index contributed by atoms with van der Waals surface area (Å²) in [6.07, 6.45) is 6.76. The Morgan fingerprint density at radius 3 is 2.06 bits per heavy atom. The fourth-order valence-corrected chi connectivity index (χ4v) is 4.52. The van der Waals surface area contributed by atoms with Gasteiger partial charge >= 0.3 is 5.97 Å². The number of unbranched alkanes of at least 4 members (excludes halogenated alkanes) is 3. The van der Waals surface area contributed by atoms with Crippen LogP contribution in [0, 0.1) is 0 Å². The fourth-order valence-electron chi connectivity index (χ4n) is 4.52. The van der Waals surface area contributed by atoms with Crippen LogP contribution in [0.25, 0.3) is 16.7 Å². The summed E-state index contributed by atoms with van der Waals surface area (Å²) in [4.78, 5) is 11.5. The number of carboxylic acid groups (broad SMARTS) is 1. The van der Waals surface area contributed by atoms with Crippen molar-refractivity contribution >= 4 is 11.5 Å². The smallest absolute Gasteiger partial charge is 0.333 e. The third-order valence-electron chi connectivity index (χ3n) is 6.38. The van der Waals surface area contributed by atoms with Crippen LogP contribution in [-0.2, 0) is 16.0 Å². The molecule has 4 heteroatoms. The predicted molar refractivity (Wildman–Crippen MR) is 141 cm³/mol. The van der Waals surface area contributed by atoms with Crippen LogP contribution in [0.5, 0.6) is 5.75 Å². The van der Waals surface area contributed by atoms with Gasteiger partial charge in [0.05, 0.1) is 6.61 Å². The zero-order valence-corrected chi connectivity index (χ0v) is 20.4. The van der Waals surface area contributed by atoms with Gasteiger partial charge in [-0.1, -0.05) is 86.5 Å². The molecular weight excluding hydrogens is 436 g/mol. The lowest BCUT2D eigenvalue weighted by molar-refractivity contribution is -0.150. The van der Waals surface area contributed by atoms with E-state index in [9.17, 15) is 9.90 Å². The first-order valence-electron chi connectivity index (χ1n) is 12.6. The van der Waals surface area contributed by atoms with Crippen molar-refractivity contribution in [1.82, 2.24) is 0 Å².